The molecule has 3 amide bonds. The van der Waals surface area contributed by atoms with E-state index in [0.29, 0.717) is 16.9 Å². The molecule has 0 saturated carbocycles. The third-order valence-electron chi connectivity index (χ3n) is 3.81. The molecule has 8 heteroatoms. The van der Waals surface area contributed by atoms with Gasteiger partial charge in [0.25, 0.3) is 11.8 Å². The van der Waals surface area contributed by atoms with Gasteiger partial charge in [-0.05, 0) is 30.3 Å². The standard InChI is InChI=1S/C20H19N5O3/c1-3-10-21-20(28)18-24-17(16-9-4-5-11-25(16)18)19(27)23-15-8-6-7-14(12-15)22-13(2)26/h3-9,11-12H,1,10H2,2H3,(H,21,28)(H,22,26)(H,23,27). The molecule has 0 aliphatic rings. The number of benzene rings is 1. The van der Waals surface area contributed by atoms with Crippen LogP contribution < -0.4 is 16.0 Å². The number of aromatic nitrogens is 2. The molecule has 0 aliphatic heterocycles. The van der Waals surface area contributed by atoms with E-state index in [1.807, 2.05) is 0 Å². The maximum Gasteiger partial charge on any atom is 0.287 e. The van der Waals surface area contributed by atoms with E-state index in [4.69, 9.17) is 0 Å². The molecular weight excluding hydrogens is 358 g/mol. The van der Waals surface area contributed by atoms with E-state index in [2.05, 4.69) is 27.5 Å². The van der Waals surface area contributed by atoms with Crippen molar-refractivity contribution in [2.24, 2.45) is 0 Å². The second-order valence-corrected chi connectivity index (χ2v) is 5.95. The highest BCUT2D eigenvalue weighted by molar-refractivity contribution is 6.09. The third-order valence-corrected chi connectivity index (χ3v) is 3.81. The first-order valence-corrected chi connectivity index (χ1v) is 8.55. The maximum absolute atomic E-state index is 12.8. The van der Waals surface area contributed by atoms with E-state index in [0.717, 1.165) is 0 Å². The van der Waals surface area contributed by atoms with Gasteiger partial charge >= 0.3 is 0 Å². The first-order chi connectivity index (χ1) is 13.5. The first-order valence-electron chi connectivity index (χ1n) is 8.55. The molecule has 3 rings (SSSR count). The zero-order valence-electron chi connectivity index (χ0n) is 15.2. The van der Waals surface area contributed by atoms with Gasteiger partial charge in [0.15, 0.2) is 5.69 Å². The summed E-state index contributed by atoms with van der Waals surface area (Å²) < 4.78 is 1.56. The molecule has 142 valence electrons. The predicted octanol–water partition coefficient (Wildman–Crippen LogP) is 2.46. The number of amides is 3. The lowest BCUT2D eigenvalue weighted by molar-refractivity contribution is -0.114. The number of anilines is 2. The molecule has 0 spiro atoms. The van der Waals surface area contributed by atoms with Gasteiger partial charge in [0.05, 0.1) is 5.52 Å². The summed E-state index contributed by atoms with van der Waals surface area (Å²) in [6, 6.07) is 12.0. The molecule has 0 saturated heterocycles. The smallest absolute Gasteiger partial charge is 0.287 e. The molecule has 0 unspecified atom stereocenters. The Bertz CT molecular complexity index is 1070. The number of carbonyl (C=O) groups excluding carboxylic acids is 3. The Kier molecular flexibility index (Phi) is 5.50. The molecule has 1 aromatic carbocycles. The van der Waals surface area contributed by atoms with Crippen molar-refractivity contribution in [1.82, 2.24) is 14.7 Å². The molecule has 2 aromatic heterocycles. The fourth-order valence-corrected chi connectivity index (χ4v) is 2.68. The molecule has 28 heavy (non-hydrogen) atoms. The summed E-state index contributed by atoms with van der Waals surface area (Å²) in [5, 5.41) is 8.06. The number of hydrogen-bond donors (Lipinski definition) is 3. The molecule has 3 aromatic rings. The van der Waals surface area contributed by atoms with Crippen LogP contribution in [-0.2, 0) is 4.79 Å². The molecule has 0 aliphatic carbocycles. The van der Waals surface area contributed by atoms with Crippen molar-refractivity contribution >= 4 is 34.6 Å². The summed E-state index contributed by atoms with van der Waals surface area (Å²) in [4.78, 5) is 40.6. The summed E-state index contributed by atoms with van der Waals surface area (Å²) in [5.74, 6) is -0.979. The Morgan fingerprint density at radius 2 is 1.82 bits per heavy atom. The fourth-order valence-electron chi connectivity index (χ4n) is 2.68. The van der Waals surface area contributed by atoms with E-state index < -0.39 is 11.8 Å². The number of carbonyl (C=O) groups is 3. The minimum absolute atomic E-state index is 0.106. The second-order valence-electron chi connectivity index (χ2n) is 5.95. The molecule has 0 fully saturated rings. The van der Waals surface area contributed by atoms with Gasteiger partial charge in [0.2, 0.25) is 11.7 Å². The van der Waals surface area contributed by atoms with E-state index >= 15 is 0 Å². The van der Waals surface area contributed by atoms with Crippen molar-refractivity contribution in [2.45, 2.75) is 6.92 Å². The molecule has 2 heterocycles. The summed E-state index contributed by atoms with van der Waals surface area (Å²) in [5.41, 5.74) is 1.67. The van der Waals surface area contributed by atoms with Crippen molar-refractivity contribution in [3.63, 3.8) is 0 Å². The van der Waals surface area contributed by atoms with Crippen LogP contribution in [0, 0.1) is 0 Å². The van der Waals surface area contributed by atoms with Gasteiger partial charge < -0.3 is 16.0 Å². The van der Waals surface area contributed by atoms with Gasteiger partial charge in [-0.1, -0.05) is 18.2 Å². The number of imidazole rings is 1. The number of nitrogens with zero attached hydrogens (tertiary/aromatic N) is 2. The Morgan fingerprint density at radius 1 is 1.07 bits per heavy atom. The Balaban J connectivity index is 1.91. The second kappa shape index (κ2) is 8.17. The van der Waals surface area contributed by atoms with Gasteiger partial charge in [0.1, 0.15) is 0 Å². The average Bonchev–Trinajstić information content (AvgIpc) is 3.06. The van der Waals surface area contributed by atoms with E-state index in [1.165, 1.54) is 6.92 Å². The minimum Gasteiger partial charge on any atom is -0.346 e. The van der Waals surface area contributed by atoms with Gasteiger partial charge in [-0.25, -0.2) is 4.98 Å². The van der Waals surface area contributed by atoms with Crippen LogP contribution in [0.4, 0.5) is 11.4 Å². The number of pyridine rings is 1. The highest BCUT2D eigenvalue weighted by atomic mass is 16.2. The predicted molar refractivity (Wildman–Crippen MR) is 106 cm³/mol. The average molecular weight is 377 g/mol. The third kappa shape index (κ3) is 4.07. The van der Waals surface area contributed by atoms with E-state index in [-0.39, 0.29) is 24.0 Å². The van der Waals surface area contributed by atoms with Gasteiger partial charge in [0, 0.05) is 31.0 Å². The summed E-state index contributed by atoms with van der Waals surface area (Å²) in [7, 11) is 0. The summed E-state index contributed by atoms with van der Waals surface area (Å²) in [6.07, 6.45) is 3.22. The zero-order valence-corrected chi connectivity index (χ0v) is 15.2. The largest absolute Gasteiger partial charge is 0.346 e. The minimum atomic E-state index is -0.466. The molecule has 0 atom stereocenters. The molecule has 3 N–H and O–H groups in total. The maximum atomic E-state index is 12.8. The fraction of sp³-hybridized carbons (Fsp3) is 0.100. The van der Waals surface area contributed by atoms with Crippen LogP contribution in [0.1, 0.15) is 28.0 Å². The lowest BCUT2D eigenvalue weighted by atomic mass is 10.2. The van der Waals surface area contributed by atoms with Crippen molar-refractivity contribution in [3.8, 4) is 0 Å². The van der Waals surface area contributed by atoms with Crippen LogP contribution in [0.2, 0.25) is 0 Å². The van der Waals surface area contributed by atoms with Gasteiger partial charge in [-0.2, -0.15) is 0 Å². The number of fused-ring (bicyclic) bond motifs is 1. The van der Waals surface area contributed by atoms with Gasteiger partial charge in [-0.3, -0.25) is 18.8 Å². The van der Waals surface area contributed by atoms with Crippen LogP contribution >= 0.6 is 0 Å². The normalized spacial score (nSPS) is 10.3. The van der Waals surface area contributed by atoms with Crippen molar-refractivity contribution < 1.29 is 14.4 Å². The topological polar surface area (TPSA) is 105 Å². The Morgan fingerprint density at radius 3 is 2.54 bits per heavy atom. The highest BCUT2D eigenvalue weighted by Crippen LogP contribution is 2.18. The van der Waals surface area contributed by atoms with Crippen molar-refractivity contribution in [2.75, 3.05) is 17.2 Å². The molecule has 0 bridgehead atoms. The lowest BCUT2D eigenvalue weighted by Crippen LogP contribution is -2.25. The monoisotopic (exact) mass is 377 g/mol. The molecule has 8 nitrogen and oxygen atoms in total. The van der Waals surface area contributed by atoms with Crippen LogP contribution in [0.25, 0.3) is 5.52 Å². The van der Waals surface area contributed by atoms with Crippen LogP contribution in [0.15, 0.2) is 61.3 Å². The quantitative estimate of drug-likeness (QED) is 0.574. The number of rotatable bonds is 6. The van der Waals surface area contributed by atoms with Crippen LogP contribution in [0.3, 0.4) is 0 Å². The van der Waals surface area contributed by atoms with Crippen LogP contribution in [-0.4, -0.2) is 33.7 Å². The zero-order chi connectivity index (χ0) is 20.1. The molecule has 0 radical (unpaired) electrons. The number of nitrogens with one attached hydrogen (secondary N) is 3. The van der Waals surface area contributed by atoms with Crippen LogP contribution in [0.5, 0.6) is 0 Å². The molecular formula is C20H19N5O3. The van der Waals surface area contributed by atoms with Crippen molar-refractivity contribution in [1.29, 1.82) is 0 Å². The van der Waals surface area contributed by atoms with E-state index in [9.17, 15) is 14.4 Å². The van der Waals surface area contributed by atoms with Gasteiger partial charge in [-0.15, -0.1) is 6.58 Å². The number of hydrogen-bond acceptors (Lipinski definition) is 4. The Hall–Kier alpha value is -3.94. The van der Waals surface area contributed by atoms with E-state index in [1.54, 1.807) is 59.1 Å². The SMILES string of the molecule is C=CCNC(=O)c1nc(C(=O)Nc2cccc(NC(C)=O)c2)c2ccccn12. The first kappa shape index (κ1) is 18.8. The highest BCUT2D eigenvalue weighted by Gasteiger charge is 2.21. The van der Waals surface area contributed by atoms with Crippen molar-refractivity contribution in [3.05, 3.63) is 72.8 Å². The summed E-state index contributed by atoms with van der Waals surface area (Å²) >= 11 is 0. The Labute approximate surface area is 161 Å². The lowest BCUT2D eigenvalue weighted by Gasteiger charge is -2.07. The summed E-state index contributed by atoms with van der Waals surface area (Å²) in [6.45, 7) is 5.26.